The van der Waals surface area contributed by atoms with Gasteiger partial charge in [0.25, 0.3) is 0 Å². The minimum Gasteiger partial charge on any atom is -0.467 e. The van der Waals surface area contributed by atoms with Crippen LogP contribution in [-0.2, 0) is 27.7 Å². The number of methoxy groups -OCH3 is 2. The maximum Gasteiger partial charge on any atom is 0.188 e. The molecule has 2 aliphatic rings. The van der Waals surface area contributed by atoms with E-state index >= 15 is 0 Å². The molecule has 6 aromatic rings. The second-order valence-corrected chi connectivity index (χ2v) is 17.4. The van der Waals surface area contributed by atoms with Gasteiger partial charge in [0.1, 0.15) is 11.5 Å². The molecule has 0 amide bonds. The van der Waals surface area contributed by atoms with E-state index in [1.54, 1.807) is 14.2 Å². The van der Waals surface area contributed by atoms with Gasteiger partial charge in [-0.15, -0.1) is 0 Å². The van der Waals surface area contributed by atoms with E-state index in [1.807, 2.05) is 0 Å². The monoisotopic (exact) mass is 708 g/mol. The quantitative estimate of drug-likeness (QED) is 0.0985. The minimum absolute atomic E-state index is 0.196. The van der Waals surface area contributed by atoms with E-state index in [0.29, 0.717) is 0 Å². The van der Waals surface area contributed by atoms with E-state index in [0.717, 1.165) is 37.2 Å². The fourth-order valence-corrected chi connectivity index (χ4v) is 13.3. The molecule has 6 heteroatoms. The van der Waals surface area contributed by atoms with E-state index in [4.69, 9.17) is 18.9 Å². The maximum atomic E-state index is 6.51. The Hall–Kier alpha value is -4.30. The molecule has 8 rings (SSSR count). The molecule has 0 radical (unpaired) electrons. The minimum atomic E-state index is -0.801. The molecular formula is C45H42O4P2. The first-order valence-corrected chi connectivity index (χ1v) is 20.3. The van der Waals surface area contributed by atoms with Gasteiger partial charge in [0.15, 0.2) is 13.6 Å². The molecule has 0 aliphatic heterocycles. The molecule has 6 aromatic carbocycles. The molecule has 0 N–H and O–H groups in total. The highest BCUT2D eigenvalue weighted by molar-refractivity contribution is 7.80. The van der Waals surface area contributed by atoms with Crippen LogP contribution >= 0.6 is 15.8 Å². The van der Waals surface area contributed by atoms with E-state index < -0.39 is 15.8 Å². The summed E-state index contributed by atoms with van der Waals surface area (Å²) in [5.74, 6) is 1.82. The van der Waals surface area contributed by atoms with Crippen LogP contribution in [0.25, 0.3) is 0 Å². The van der Waals surface area contributed by atoms with Crippen LogP contribution < -0.4 is 41.3 Å². The fourth-order valence-electron chi connectivity index (χ4n) is 8.28. The molecule has 1 spiro atoms. The number of ether oxygens (including phenoxy) is 4. The summed E-state index contributed by atoms with van der Waals surface area (Å²) in [6.07, 6.45) is 3.91. The molecule has 0 saturated carbocycles. The van der Waals surface area contributed by atoms with Crippen molar-refractivity contribution in [2.24, 2.45) is 0 Å². The summed E-state index contributed by atoms with van der Waals surface area (Å²) >= 11 is 0. The van der Waals surface area contributed by atoms with Crippen LogP contribution in [0.4, 0.5) is 0 Å². The molecule has 4 nitrogen and oxygen atoms in total. The third-order valence-electron chi connectivity index (χ3n) is 10.3. The molecular weight excluding hydrogens is 666 g/mol. The lowest BCUT2D eigenvalue weighted by Crippen LogP contribution is -2.28. The summed E-state index contributed by atoms with van der Waals surface area (Å²) in [7, 11) is 1.78. The van der Waals surface area contributed by atoms with Crippen LogP contribution in [0.1, 0.15) is 35.1 Å². The second-order valence-electron chi connectivity index (χ2n) is 13.1. The normalized spacial score (nSPS) is 14.2. The van der Waals surface area contributed by atoms with Crippen LogP contribution in [0.5, 0.6) is 11.5 Å². The average Bonchev–Trinajstić information content (AvgIpc) is 3.78. The molecule has 2 aliphatic carbocycles. The average molecular weight is 709 g/mol. The zero-order chi connectivity index (χ0) is 34.6. The second kappa shape index (κ2) is 15.1. The Morgan fingerprint density at radius 1 is 0.451 bits per heavy atom. The Labute approximate surface area is 303 Å². The topological polar surface area (TPSA) is 36.9 Å². The predicted molar refractivity (Wildman–Crippen MR) is 213 cm³/mol. The van der Waals surface area contributed by atoms with Gasteiger partial charge < -0.3 is 18.9 Å². The van der Waals surface area contributed by atoms with Crippen LogP contribution in [0.2, 0.25) is 0 Å². The largest absolute Gasteiger partial charge is 0.467 e. The standard InChI is InChI=1S/C45H42O4P2/c1-46-31-48-39-23-25-41(50(33-15-7-3-8-16-33)34-17-9-4-10-18-34)37-27-29-45(43(37)39)30-28-38-42(26-24-40(44(38)45)49-32-47-2)51(35-19-11-5-12-20-35)36-21-13-6-14-22-36/h3-26H,27-32H2,1-2H3. The first-order chi connectivity index (χ1) is 25.2. The highest BCUT2D eigenvalue weighted by Gasteiger charge is 2.51. The van der Waals surface area contributed by atoms with Gasteiger partial charge in [-0.2, -0.15) is 0 Å². The Morgan fingerprint density at radius 2 is 0.784 bits per heavy atom. The zero-order valence-corrected chi connectivity index (χ0v) is 30.9. The molecule has 0 bridgehead atoms. The highest BCUT2D eigenvalue weighted by Crippen LogP contribution is 2.59. The van der Waals surface area contributed by atoms with Crippen molar-refractivity contribution >= 4 is 47.7 Å². The van der Waals surface area contributed by atoms with Crippen molar-refractivity contribution in [3.8, 4) is 11.5 Å². The molecule has 256 valence electrons. The molecule has 0 fully saturated rings. The van der Waals surface area contributed by atoms with Crippen molar-refractivity contribution in [2.45, 2.75) is 31.1 Å². The van der Waals surface area contributed by atoms with Gasteiger partial charge in [0, 0.05) is 30.8 Å². The number of hydrogen-bond acceptors (Lipinski definition) is 4. The summed E-state index contributed by atoms with van der Waals surface area (Å²) in [6.45, 7) is 0.391. The van der Waals surface area contributed by atoms with E-state index in [1.165, 1.54) is 54.1 Å². The van der Waals surface area contributed by atoms with Crippen LogP contribution in [-0.4, -0.2) is 27.8 Å². The fraction of sp³-hybridized carbons (Fsp3) is 0.200. The highest BCUT2D eigenvalue weighted by atomic mass is 31.1. The van der Waals surface area contributed by atoms with Crippen molar-refractivity contribution in [3.05, 3.63) is 168 Å². The van der Waals surface area contributed by atoms with Crippen molar-refractivity contribution in [3.63, 3.8) is 0 Å². The van der Waals surface area contributed by atoms with E-state index in [-0.39, 0.29) is 19.0 Å². The molecule has 0 heterocycles. The molecule has 0 atom stereocenters. The van der Waals surface area contributed by atoms with Crippen molar-refractivity contribution < 1.29 is 18.9 Å². The van der Waals surface area contributed by atoms with Gasteiger partial charge in [0.2, 0.25) is 0 Å². The number of hydrogen-bond donors (Lipinski definition) is 0. The van der Waals surface area contributed by atoms with E-state index in [2.05, 4.69) is 146 Å². The van der Waals surface area contributed by atoms with E-state index in [9.17, 15) is 0 Å². The van der Waals surface area contributed by atoms with Crippen LogP contribution in [0.3, 0.4) is 0 Å². The Bertz CT molecular complexity index is 1860. The first kappa shape index (κ1) is 33.8. The third-order valence-corrected chi connectivity index (χ3v) is 15.3. The Balaban J connectivity index is 1.36. The number of rotatable bonds is 12. The van der Waals surface area contributed by atoms with Crippen LogP contribution in [0, 0.1) is 0 Å². The SMILES string of the molecule is COCOc1ccc(P(c2ccccc2)c2ccccc2)c2c1C1(CC2)CCc2c(P(c3ccccc3)c3ccccc3)ccc(OCOC)c21. The van der Waals surface area contributed by atoms with Gasteiger partial charge in [-0.3, -0.25) is 0 Å². The summed E-state index contributed by atoms with van der Waals surface area (Å²) in [4.78, 5) is 0. The van der Waals surface area contributed by atoms with Gasteiger partial charge in [-0.1, -0.05) is 121 Å². The van der Waals surface area contributed by atoms with Gasteiger partial charge in [-0.05, 0) is 109 Å². The summed E-state index contributed by atoms with van der Waals surface area (Å²) in [5.41, 5.74) is 5.15. The molecule has 0 unspecified atom stereocenters. The third kappa shape index (κ3) is 6.30. The van der Waals surface area contributed by atoms with Gasteiger partial charge in [0.05, 0.1) is 0 Å². The lowest BCUT2D eigenvalue weighted by molar-refractivity contribution is 0.0486. The smallest absolute Gasteiger partial charge is 0.188 e. The van der Waals surface area contributed by atoms with Crippen molar-refractivity contribution in [2.75, 3.05) is 27.8 Å². The Kier molecular flexibility index (Phi) is 10.0. The van der Waals surface area contributed by atoms with Crippen molar-refractivity contribution in [1.82, 2.24) is 0 Å². The summed E-state index contributed by atoms with van der Waals surface area (Å²) in [6, 6.07) is 53.1. The maximum absolute atomic E-state index is 6.51. The zero-order valence-electron chi connectivity index (χ0n) is 29.1. The van der Waals surface area contributed by atoms with Gasteiger partial charge >= 0.3 is 0 Å². The lowest BCUT2D eigenvalue weighted by Gasteiger charge is -2.32. The van der Waals surface area contributed by atoms with Gasteiger partial charge in [-0.25, -0.2) is 0 Å². The molecule has 51 heavy (non-hydrogen) atoms. The first-order valence-electron chi connectivity index (χ1n) is 17.6. The Morgan fingerprint density at radius 3 is 1.10 bits per heavy atom. The molecule has 0 saturated heterocycles. The van der Waals surface area contributed by atoms with Crippen LogP contribution in [0.15, 0.2) is 146 Å². The summed E-state index contributed by atoms with van der Waals surface area (Å²) < 4.78 is 24.0. The molecule has 0 aromatic heterocycles. The predicted octanol–water partition coefficient (Wildman–Crippen LogP) is 7.35. The number of benzene rings is 6. The summed E-state index contributed by atoms with van der Waals surface area (Å²) in [5, 5.41) is 8.20. The number of fused-ring (bicyclic) bond motifs is 4. The van der Waals surface area contributed by atoms with Crippen molar-refractivity contribution in [1.29, 1.82) is 0 Å². The lowest BCUT2D eigenvalue weighted by atomic mass is 9.76.